The number of hydrogen-bond acceptors (Lipinski definition) is 4. The first-order valence-electron chi connectivity index (χ1n) is 10.5. The summed E-state index contributed by atoms with van der Waals surface area (Å²) in [5, 5.41) is 6.37. The minimum absolute atomic E-state index is 0.0265. The van der Waals surface area contributed by atoms with Gasteiger partial charge in [-0.25, -0.2) is 0 Å². The molecule has 174 valence electrons. The van der Waals surface area contributed by atoms with Crippen LogP contribution in [0, 0.1) is 0 Å². The summed E-state index contributed by atoms with van der Waals surface area (Å²) in [7, 11) is 1.62. The van der Waals surface area contributed by atoms with Gasteiger partial charge in [-0.15, -0.1) is 13.2 Å². The highest BCUT2D eigenvalue weighted by atomic mass is 19.4. The van der Waals surface area contributed by atoms with Crippen LogP contribution in [0.15, 0.2) is 42.5 Å². The van der Waals surface area contributed by atoms with Crippen LogP contribution in [0.3, 0.4) is 0 Å². The van der Waals surface area contributed by atoms with Crippen LogP contribution in [0.1, 0.15) is 56.3 Å². The van der Waals surface area contributed by atoms with Crippen molar-refractivity contribution in [3.05, 3.63) is 59.2 Å². The molecule has 0 bridgehead atoms. The van der Waals surface area contributed by atoms with Crippen molar-refractivity contribution in [2.75, 3.05) is 7.11 Å². The number of carbonyl (C=O) groups excluding carboxylic acids is 1. The molecule has 1 amide bonds. The van der Waals surface area contributed by atoms with Crippen LogP contribution in [-0.2, 0) is 16.8 Å². The van der Waals surface area contributed by atoms with Crippen molar-refractivity contribution in [3.63, 3.8) is 0 Å². The quantitative estimate of drug-likeness (QED) is 0.650. The Balaban J connectivity index is 1.81. The van der Waals surface area contributed by atoms with Crippen LogP contribution in [0.4, 0.5) is 13.2 Å². The summed E-state index contributed by atoms with van der Waals surface area (Å²) in [5.41, 5.74) is 2.67. The summed E-state index contributed by atoms with van der Waals surface area (Å²) in [6.07, 6.45) is -3.88. The fourth-order valence-electron chi connectivity index (χ4n) is 3.86. The standard InChI is InChI=1S/C24H29F3N2O3/c1-23(2,3)17-8-10-20(31-4)16(12-17)14-28-19-9-11-21(30)29-22(19)15-6-5-7-18(13-15)32-24(25,26)27/h5-8,10,12-13,19,22,28H,9,11,14H2,1-4H3,(H,29,30). The maximum atomic E-state index is 12.6. The van der Waals surface area contributed by atoms with Gasteiger partial charge < -0.3 is 20.1 Å². The Kier molecular flexibility index (Phi) is 7.03. The molecule has 2 atom stereocenters. The number of benzene rings is 2. The maximum Gasteiger partial charge on any atom is 0.573 e. The van der Waals surface area contributed by atoms with Gasteiger partial charge in [-0.05, 0) is 41.2 Å². The van der Waals surface area contributed by atoms with Crippen molar-refractivity contribution in [2.45, 2.75) is 64.0 Å². The molecular formula is C24H29F3N2O3. The number of alkyl halides is 3. The normalized spacial score (nSPS) is 19.4. The minimum atomic E-state index is -4.78. The topological polar surface area (TPSA) is 59.6 Å². The zero-order valence-electron chi connectivity index (χ0n) is 18.7. The fourth-order valence-corrected chi connectivity index (χ4v) is 3.86. The number of ether oxygens (including phenoxy) is 2. The van der Waals surface area contributed by atoms with Gasteiger partial charge in [0.05, 0.1) is 13.2 Å². The van der Waals surface area contributed by atoms with Crippen LogP contribution in [-0.4, -0.2) is 25.4 Å². The number of amides is 1. The molecule has 3 rings (SSSR count). The minimum Gasteiger partial charge on any atom is -0.496 e. The van der Waals surface area contributed by atoms with Crippen molar-refractivity contribution >= 4 is 5.91 Å². The molecule has 2 aromatic rings. The molecule has 0 spiro atoms. The van der Waals surface area contributed by atoms with Crippen molar-refractivity contribution in [2.24, 2.45) is 0 Å². The lowest BCUT2D eigenvalue weighted by molar-refractivity contribution is -0.274. The Bertz CT molecular complexity index is 954. The lowest BCUT2D eigenvalue weighted by Gasteiger charge is -2.34. The third-order valence-electron chi connectivity index (χ3n) is 5.55. The van der Waals surface area contributed by atoms with E-state index in [-0.39, 0.29) is 23.1 Å². The Morgan fingerprint density at radius 2 is 1.88 bits per heavy atom. The summed E-state index contributed by atoms with van der Waals surface area (Å²) in [4.78, 5) is 12.1. The maximum absolute atomic E-state index is 12.6. The van der Waals surface area contributed by atoms with Crippen LogP contribution >= 0.6 is 0 Å². The van der Waals surface area contributed by atoms with Gasteiger partial charge in [-0.3, -0.25) is 4.79 Å². The van der Waals surface area contributed by atoms with E-state index in [0.717, 1.165) is 11.3 Å². The number of hydrogen-bond donors (Lipinski definition) is 2. The van der Waals surface area contributed by atoms with E-state index in [1.165, 1.54) is 23.8 Å². The summed E-state index contributed by atoms with van der Waals surface area (Å²) in [6.45, 7) is 6.89. The first-order valence-corrected chi connectivity index (χ1v) is 10.5. The third kappa shape index (κ3) is 6.16. The summed E-state index contributed by atoms with van der Waals surface area (Å²) in [5.74, 6) is 0.304. The molecule has 2 unspecified atom stereocenters. The van der Waals surface area contributed by atoms with Crippen LogP contribution < -0.4 is 20.1 Å². The third-order valence-corrected chi connectivity index (χ3v) is 5.55. The summed E-state index contributed by atoms with van der Waals surface area (Å²) < 4.78 is 47.5. The average molecular weight is 451 g/mol. The number of piperidine rings is 1. The van der Waals surface area contributed by atoms with Gasteiger partial charge in [0.2, 0.25) is 5.91 Å². The molecule has 0 saturated carbocycles. The van der Waals surface area contributed by atoms with Gasteiger partial charge in [-0.1, -0.05) is 45.0 Å². The molecule has 1 heterocycles. The first-order chi connectivity index (χ1) is 15.0. The zero-order valence-corrected chi connectivity index (χ0v) is 18.7. The molecule has 2 N–H and O–H groups in total. The molecule has 32 heavy (non-hydrogen) atoms. The largest absolute Gasteiger partial charge is 0.573 e. The molecule has 5 nitrogen and oxygen atoms in total. The van der Waals surface area contributed by atoms with E-state index in [9.17, 15) is 18.0 Å². The van der Waals surface area contributed by atoms with Crippen molar-refractivity contribution < 1.29 is 27.4 Å². The Morgan fingerprint density at radius 1 is 1.12 bits per heavy atom. The SMILES string of the molecule is COc1ccc(C(C)(C)C)cc1CNC1CCC(=O)NC1c1cccc(OC(F)(F)F)c1. The predicted molar refractivity (Wildman–Crippen MR) is 116 cm³/mol. The van der Waals surface area contributed by atoms with Crippen LogP contribution in [0.25, 0.3) is 0 Å². The number of halogens is 3. The van der Waals surface area contributed by atoms with E-state index in [0.29, 0.717) is 24.9 Å². The number of carbonyl (C=O) groups is 1. The van der Waals surface area contributed by atoms with E-state index in [1.807, 2.05) is 12.1 Å². The summed E-state index contributed by atoms with van der Waals surface area (Å²) in [6, 6.07) is 11.2. The van der Waals surface area contributed by atoms with E-state index in [2.05, 4.69) is 42.2 Å². The predicted octanol–water partition coefficient (Wildman–Crippen LogP) is 5.00. The van der Waals surface area contributed by atoms with E-state index in [4.69, 9.17) is 4.74 Å². The summed E-state index contributed by atoms with van der Waals surface area (Å²) >= 11 is 0. The van der Waals surface area contributed by atoms with Crippen molar-refractivity contribution in [1.82, 2.24) is 10.6 Å². The van der Waals surface area contributed by atoms with Gasteiger partial charge in [0, 0.05) is 24.6 Å². The Labute approximate surface area is 186 Å². The van der Waals surface area contributed by atoms with Gasteiger partial charge in [0.15, 0.2) is 0 Å². The van der Waals surface area contributed by atoms with E-state index in [1.54, 1.807) is 13.2 Å². The zero-order chi connectivity index (χ0) is 23.5. The second-order valence-corrected chi connectivity index (χ2v) is 8.97. The second kappa shape index (κ2) is 9.40. The molecule has 0 aliphatic carbocycles. The number of nitrogens with one attached hydrogen (secondary N) is 2. The molecule has 1 fully saturated rings. The lowest BCUT2D eigenvalue weighted by Crippen LogP contribution is -2.48. The molecule has 1 aliphatic heterocycles. The lowest BCUT2D eigenvalue weighted by atomic mass is 9.86. The fraction of sp³-hybridized carbons (Fsp3) is 0.458. The molecule has 1 saturated heterocycles. The van der Waals surface area contributed by atoms with Gasteiger partial charge in [0.1, 0.15) is 11.5 Å². The van der Waals surface area contributed by atoms with E-state index >= 15 is 0 Å². The second-order valence-electron chi connectivity index (χ2n) is 8.97. The van der Waals surface area contributed by atoms with Gasteiger partial charge in [-0.2, -0.15) is 0 Å². The van der Waals surface area contributed by atoms with Gasteiger partial charge >= 0.3 is 6.36 Å². The highest BCUT2D eigenvalue weighted by Gasteiger charge is 2.33. The molecule has 8 heteroatoms. The van der Waals surface area contributed by atoms with E-state index < -0.39 is 12.4 Å². The average Bonchev–Trinajstić information content (AvgIpc) is 2.71. The number of methoxy groups -OCH3 is 1. The molecular weight excluding hydrogens is 421 g/mol. The monoisotopic (exact) mass is 450 g/mol. The molecule has 0 radical (unpaired) electrons. The smallest absolute Gasteiger partial charge is 0.496 e. The van der Waals surface area contributed by atoms with Gasteiger partial charge in [0.25, 0.3) is 0 Å². The molecule has 2 aromatic carbocycles. The first kappa shape index (κ1) is 23.9. The van der Waals surface area contributed by atoms with Crippen LogP contribution in [0.5, 0.6) is 11.5 Å². The highest BCUT2D eigenvalue weighted by molar-refractivity contribution is 5.77. The number of rotatable bonds is 6. The highest BCUT2D eigenvalue weighted by Crippen LogP contribution is 2.31. The van der Waals surface area contributed by atoms with Crippen molar-refractivity contribution in [1.29, 1.82) is 0 Å². The van der Waals surface area contributed by atoms with Crippen LogP contribution in [0.2, 0.25) is 0 Å². The molecule has 1 aliphatic rings. The Morgan fingerprint density at radius 3 is 2.53 bits per heavy atom. The van der Waals surface area contributed by atoms with Crippen molar-refractivity contribution in [3.8, 4) is 11.5 Å². The molecule has 0 aromatic heterocycles. The Hall–Kier alpha value is -2.74.